The Labute approximate surface area is 147 Å². The Balaban J connectivity index is 1.43. The van der Waals surface area contributed by atoms with Crippen LogP contribution in [0.3, 0.4) is 0 Å². The van der Waals surface area contributed by atoms with Gasteiger partial charge in [-0.1, -0.05) is 13.8 Å². The fraction of sp³-hybridized carbons (Fsp3) is 0.500. The molecule has 0 saturated heterocycles. The van der Waals surface area contributed by atoms with Gasteiger partial charge in [0.1, 0.15) is 5.01 Å². The van der Waals surface area contributed by atoms with Gasteiger partial charge in [0.15, 0.2) is 11.5 Å². The minimum absolute atomic E-state index is 0.298. The lowest BCUT2D eigenvalue weighted by molar-refractivity contribution is 0.108. The van der Waals surface area contributed by atoms with Crippen LogP contribution in [0.15, 0.2) is 23.6 Å². The summed E-state index contributed by atoms with van der Waals surface area (Å²) in [6.45, 7) is 8.00. The highest BCUT2D eigenvalue weighted by molar-refractivity contribution is 7.13. The summed E-state index contributed by atoms with van der Waals surface area (Å²) in [7, 11) is 0. The average molecular weight is 348 g/mol. The number of nitrogens with zero attached hydrogens (tertiary/aromatic N) is 1. The first-order valence-electron chi connectivity index (χ1n) is 8.35. The molecule has 0 aliphatic carbocycles. The molecule has 1 aliphatic heterocycles. The van der Waals surface area contributed by atoms with Gasteiger partial charge in [-0.3, -0.25) is 0 Å². The van der Waals surface area contributed by atoms with Gasteiger partial charge in [-0.2, -0.15) is 0 Å². The number of ether oxygens (including phenoxy) is 3. The molecule has 0 saturated carbocycles. The van der Waals surface area contributed by atoms with Crippen molar-refractivity contribution in [1.82, 2.24) is 10.3 Å². The quantitative estimate of drug-likeness (QED) is 0.701. The number of hydrogen-bond acceptors (Lipinski definition) is 6. The van der Waals surface area contributed by atoms with E-state index < -0.39 is 0 Å². The summed E-state index contributed by atoms with van der Waals surface area (Å²) in [6.07, 6.45) is 1.02. The van der Waals surface area contributed by atoms with Gasteiger partial charge in [-0.05, 0) is 37.1 Å². The molecule has 3 rings (SSSR count). The van der Waals surface area contributed by atoms with Crippen LogP contribution in [-0.2, 0) is 11.3 Å². The lowest BCUT2D eigenvalue weighted by atomic mass is 10.2. The normalized spacial score (nSPS) is 13.0. The average Bonchev–Trinajstić information content (AvgIpc) is 3.22. The van der Waals surface area contributed by atoms with Crippen LogP contribution in [0.5, 0.6) is 11.5 Å². The molecule has 1 aromatic carbocycles. The summed E-state index contributed by atoms with van der Waals surface area (Å²) in [6, 6.07) is 5.95. The Bertz CT molecular complexity index is 657. The molecule has 1 N–H and O–H groups in total. The van der Waals surface area contributed by atoms with Crippen molar-refractivity contribution in [1.29, 1.82) is 0 Å². The van der Waals surface area contributed by atoms with Gasteiger partial charge in [0.25, 0.3) is 0 Å². The molecule has 0 amide bonds. The fourth-order valence-electron chi connectivity index (χ4n) is 2.39. The highest BCUT2D eigenvalue weighted by Gasteiger charge is 2.15. The Morgan fingerprint density at radius 1 is 1.29 bits per heavy atom. The van der Waals surface area contributed by atoms with E-state index in [-0.39, 0.29) is 0 Å². The van der Waals surface area contributed by atoms with E-state index in [0.717, 1.165) is 60.5 Å². The molecule has 1 aromatic heterocycles. The maximum atomic E-state index is 5.57. The zero-order chi connectivity index (χ0) is 16.8. The van der Waals surface area contributed by atoms with Crippen LogP contribution in [0.2, 0.25) is 0 Å². The molecule has 130 valence electrons. The molecule has 6 heteroatoms. The molecule has 0 bridgehead atoms. The Morgan fingerprint density at radius 2 is 2.17 bits per heavy atom. The third-order valence-corrected chi connectivity index (χ3v) is 4.51. The highest BCUT2D eigenvalue weighted by atomic mass is 32.1. The van der Waals surface area contributed by atoms with Gasteiger partial charge in [0.05, 0.1) is 5.69 Å². The molecule has 5 nitrogen and oxygen atoms in total. The standard InChI is InChI=1S/C18H24N2O3S/c1-13(2)10-21-7-3-6-19-9-15-11-24-18(20-15)14-4-5-16-17(8-14)23-12-22-16/h4-5,8,11,13,19H,3,6-7,9-10,12H2,1-2H3. The van der Waals surface area contributed by atoms with E-state index in [1.807, 2.05) is 18.2 Å². The van der Waals surface area contributed by atoms with E-state index in [2.05, 4.69) is 24.5 Å². The van der Waals surface area contributed by atoms with E-state index in [4.69, 9.17) is 19.2 Å². The molecular weight excluding hydrogens is 324 g/mol. The van der Waals surface area contributed by atoms with E-state index in [9.17, 15) is 0 Å². The summed E-state index contributed by atoms with van der Waals surface area (Å²) >= 11 is 1.65. The SMILES string of the molecule is CC(C)COCCCNCc1csc(-c2ccc3c(c2)OCO3)n1. The summed E-state index contributed by atoms with van der Waals surface area (Å²) in [5.41, 5.74) is 2.13. The lowest BCUT2D eigenvalue weighted by Crippen LogP contribution is -2.17. The summed E-state index contributed by atoms with van der Waals surface area (Å²) in [4.78, 5) is 4.69. The number of rotatable bonds is 9. The van der Waals surface area contributed by atoms with Crippen LogP contribution in [-0.4, -0.2) is 31.5 Å². The van der Waals surface area contributed by atoms with Gasteiger partial charge in [0.2, 0.25) is 6.79 Å². The topological polar surface area (TPSA) is 52.6 Å². The van der Waals surface area contributed by atoms with E-state index in [1.54, 1.807) is 11.3 Å². The van der Waals surface area contributed by atoms with Crippen molar-refractivity contribution in [3.63, 3.8) is 0 Å². The van der Waals surface area contributed by atoms with Crippen molar-refractivity contribution in [2.75, 3.05) is 26.6 Å². The van der Waals surface area contributed by atoms with Gasteiger partial charge in [-0.15, -0.1) is 11.3 Å². The second kappa shape index (κ2) is 8.46. The van der Waals surface area contributed by atoms with E-state index in [0.29, 0.717) is 12.7 Å². The second-order valence-corrected chi connectivity index (χ2v) is 7.07. The van der Waals surface area contributed by atoms with E-state index in [1.165, 1.54) is 0 Å². The van der Waals surface area contributed by atoms with E-state index >= 15 is 0 Å². The Kier molecular flexibility index (Phi) is 6.07. The molecule has 1 aliphatic rings. The maximum Gasteiger partial charge on any atom is 0.231 e. The molecule has 0 fully saturated rings. The van der Waals surface area contributed by atoms with Crippen LogP contribution in [0.1, 0.15) is 26.0 Å². The molecule has 0 radical (unpaired) electrons. The van der Waals surface area contributed by atoms with Crippen LogP contribution in [0.25, 0.3) is 10.6 Å². The predicted octanol–water partition coefficient (Wildman–Crippen LogP) is 3.69. The fourth-order valence-corrected chi connectivity index (χ4v) is 3.20. The smallest absolute Gasteiger partial charge is 0.231 e. The Hall–Kier alpha value is -1.63. The zero-order valence-electron chi connectivity index (χ0n) is 14.2. The van der Waals surface area contributed by atoms with Gasteiger partial charge >= 0.3 is 0 Å². The third kappa shape index (κ3) is 4.69. The largest absolute Gasteiger partial charge is 0.454 e. The van der Waals surface area contributed by atoms with Crippen molar-refractivity contribution in [2.45, 2.75) is 26.8 Å². The van der Waals surface area contributed by atoms with Crippen LogP contribution in [0.4, 0.5) is 0 Å². The maximum absolute atomic E-state index is 5.57. The monoisotopic (exact) mass is 348 g/mol. The van der Waals surface area contributed by atoms with Crippen LogP contribution < -0.4 is 14.8 Å². The number of fused-ring (bicyclic) bond motifs is 1. The first-order chi connectivity index (χ1) is 11.7. The van der Waals surface area contributed by atoms with Crippen molar-refractivity contribution in [2.24, 2.45) is 5.92 Å². The second-order valence-electron chi connectivity index (χ2n) is 6.21. The number of thiazole rings is 1. The highest BCUT2D eigenvalue weighted by Crippen LogP contribution is 2.36. The molecular formula is C18H24N2O3S. The predicted molar refractivity (Wildman–Crippen MR) is 95.7 cm³/mol. The minimum atomic E-state index is 0.298. The third-order valence-electron chi connectivity index (χ3n) is 3.57. The van der Waals surface area contributed by atoms with Gasteiger partial charge in [-0.25, -0.2) is 4.98 Å². The summed E-state index contributed by atoms with van der Waals surface area (Å²) in [5, 5.41) is 6.52. The van der Waals surface area contributed by atoms with Gasteiger partial charge < -0.3 is 19.5 Å². The molecule has 0 unspecified atom stereocenters. The van der Waals surface area contributed by atoms with Gasteiger partial charge in [0, 0.05) is 30.7 Å². The minimum Gasteiger partial charge on any atom is -0.454 e. The van der Waals surface area contributed by atoms with Crippen molar-refractivity contribution < 1.29 is 14.2 Å². The number of aromatic nitrogens is 1. The van der Waals surface area contributed by atoms with Crippen molar-refractivity contribution in [3.05, 3.63) is 29.3 Å². The molecule has 0 spiro atoms. The first kappa shape index (κ1) is 17.2. The summed E-state index contributed by atoms with van der Waals surface area (Å²) < 4.78 is 16.3. The first-order valence-corrected chi connectivity index (χ1v) is 9.23. The summed E-state index contributed by atoms with van der Waals surface area (Å²) in [5.74, 6) is 2.20. The molecule has 2 heterocycles. The lowest BCUT2D eigenvalue weighted by Gasteiger charge is -2.07. The van der Waals surface area contributed by atoms with Crippen LogP contribution in [0, 0.1) is 5.92 Å². The van der Waals surface area contributed by atoms with Crippen LogP contribution >= 0.6 is 11.3 Å². The number of benzene rings is 1. The molecule has 24 heavy (non-hydrogen) atoms. The molecule has 2 aromatic rings. The van der Waals surface area contributed by atoms with Crippen molar-refractivity contribution >= 4 is 11.3 Å². The number of hydrogen-bond donors (Lipinski definition) is 1. The zero-order valence-corrected chi connectivity index (χ0v) is 15.0. The molecule has 0 atom stereocenters. The van der Waals surface area contributed by atoms with Crippen molar-refractivity contribution in [3.8, 4) is 22.1 Å². The Morgan fingerprint density at radius 3 is 3.04 bits per heavy atom. The number of nitrogens with one attached hydrogen (secondary N) is 1.